The molecular weight excluding hydrogens is 263 g/mol. The monoisotopic (exact) mass is 272 g/mol. The predicted molar refractivity (Wildman–Crippen MR) is 72.4 cm³/mol. The van der Waals surface area contributed by atoms with Crippen molar-refractivity contribution in [3.05, 3.63) is 53.8 Å². The fraction of sp³-hybridized carbons (Fsp3) is 0. The van der Waals surface area contributed by atoms with Gasteiger partial charge in [0.25, 0.3) is 0 Å². The van der Waals surface area contributed by atoms with Gasteiger partial charge in [0.05, 0.1) is 11.9 Å². The predicted octanol–water partition coefficient (Wildman–Crippen LogP) is 3.72. The second-order valence-corrected chi connectivity index (χ2v) is 4.81. The summed E-state index contributed by atoms with van der Waals surface area (Å²) in [4.78, 5) is 8.44. The first-order chi connectivity index (χ1) is 9.22. The molecule has 0 atom stereocenters. The summed E-state index contributed by atoms with van der Waals surface area (Å²) in [6.07, 6.45) is 1.17. The van der Waals surface area contributed by atoms with Crippen molar-refractivity contribution in [1.82, 2.24) is 9.97 Å². The quantitative estimate of drug-likeness (QED) is 0.773. The summed E-state index contributed by atoms with van der Waals surface area (Å²) >= 11 is 1.45. The molecule has 1 aromatic carbocycles. The maximum absolute atomic E-state index is 12.8. The van der Waals surface area contributed by atoms with Crippen LogP contribution in [0.2, 0.25) is 0 Å². The second-order valence-electron chi connectivity index (χ2n) is 3.95. The van der Waals surface area contributed by atoms with Gasteiger partial charge in [-0.25, -0.2) is 9.37 Å². The first-order valence-electron chi connectivity index (χ1n) is 5.59. The van der Waals surface area contributed by atoms with Gasteiger partial charge in [0.15, 0.2) is 0 Å². The van der Waals surface area contributed by atoms with E-state index in [-0.39, 0.29) is 11.6 Å². The highest BCUT2D eigenvalue weighted by atomic mass is 32.1. The molecule has 0 spiro atoms. The van der Waals surface area contributed by atoms with Gasteiger partial charge in [-0.1, -0.05) is 12.1 Å². The van der Waals surface area contributed by atoms with E-state index in [1.165, 1.54) is 23.6 Å². The Morgan fingerprint density at radius 3 is 2.74 bits per heavy atom. The lowest BCUT2D eigenvalue weighted by atomic mass is 10.2. The van der Waals surface area contributed by atoms with Crippen LogP contribution in [0.1, 0.15) is 0 Å². The fourth-order valence-electron chi connectivity index (χ4n) is 1.69. The van der Waals surface area contributed by atoms with E-state index < -0.39 is 0 Å². The maximum atomic E-state index is 12.8. The third kappa shape index (κ3) is 2.46. The van der Waals surface area contributed by atoms with Crippen molar-refractivity contribution >= 4 is 11.3 Å². The van der Waals surface area contributed by atoms with Gasteiger partial charge in [-0.05, 0) is 24.3 Å². The van der Waals surface area contributed by atoms with Crippen molar-refractivity contribution in [3.63, 3.8) is 0 Å². The second kappa shape index (κ2) is 4.78. The molecule has 0 radical (unpaired) electrons. The Morgan fingerprint density at radius 1 is 1.11 bits per heavy atom. The van der Waals surface area contributed by atoms with Crippen LogP contribution in [0.15, 0.2) is 48.0 Å². The van der Waals surface area contributed by atoms with Crippen molar-refractivity contribution in [2.75, 3.05) is 0 Å². The number of rotatable bonds is 2. The minimum absolute atomic E-state index is 0.203. The lowest BCUT2D eigenvalue weighted by Gasteiger charge is -1.97. The highest BCUT2D eigenvalue weighted by molar-refractivity contribution is 7.13. The molecule has 5 heteroatoms. The van der Waals surface area contributed by atoms with E-state index in [1.807, 2.05) is 11.4 Å². The molecule has 0 fully saturated rings. The SMILES string of the molecule is Oc1cccc(-c2nc(-c3ccc(F)cn3)cs2)c1. The zero-order valence-electron chi connectivity index (χ0n) is 9.75. The van der Waals surface area contributed by atoms with Crippen molar-refractivity contribution < 1.29 is 9.50 Å². The minimum atomic E-state index is -0.368. The number of hydrogen-bond acceptors (Lipinski definition) is 4. The summed E-state index contributed by atoms with van der Waals surface area (Å²) < 4.78 is 12.8. The minimum Gasteiger partial charge on any atom is -0.508 e. The van der Waals surface area contributed by atoms with Gasteiger partial charge < -0.3 is 5.11 Å². The molecule has 2 aromatic heterocycles. The van der Waals surface area contributed by atoms with Crippen LogP contribution < -0.4 is 0 Å². The van der Waals surface area contributed by atoms with Crippen molar-refractivity contribution in [2.24, 2.45) is 0 Å². The molecule has 0 aliphatic heterocycles. The number of nitrogens with zero attached hydrogens (tertiary/aromatic N) is 2. The van der Waals surface area contributed by atoms with Crippen molar-refractivity contribution in [2.45, 2.75) is 0 Å². The molecule has 0 aliphatic carbocycles. The van der Waals surface area contributed by atoms with E-state index in [0.717, 1.165) is 10.6 Å². The Balaban J connectivity index is 1.97. The number of halogens is 1. The number of aromatic nitrogens is 2. The van der Waals surface area contributed by atoms with E-state index in [4.69, 9.17) is 0 Å². The molecule has 0 bridgehead atoms. The third-order valence-corrected chi connectivity index (χ3v) is 3.48. The number of benzene rings is 1. The van der Waals surface area contributed by atoms with Crippen LogP contribution in [0.3, 0.4) is 0 Å². The van der Waals surface area contributed by atoms with E-state index in [0.29, 0.717) is 11.4 Å². The van der Waals surface area contributed by atoms with Crippen molar-refractivity contribution in [1.29, 1.82) is 0 Å². The van der Waals surface area contributed by atoms with E-state index in [1.54, 1.807) is 24.3 Å². The van der Waals surface area contributed by atoms with Crippen LogP contribution in [0, 0.1) is 5.82 Å². The molecule has 19 heavy (non-hydrogen) atoms. The highest BCUT2D eigenvalue weighted by Crippen LogP contribution is 2.29. The average molecular weight is 272 g/mol. The molecule has 0 saturated heterocycles. The summed E-state index contributed by atoms with van der Waals surface area (Å²) in [5.41, 5.74) is 2.17. The number of phenols is 1. The molecule has 3 nitrogen and oxygen atoms in total. The van der Waals surface area contributed by atoms with Gasteiger partial charge in [-0.2, -0.15) is 0 Å². The standard InChI is InChI=1S/C14H9FN2OS/c15-10-4-5-12(16-7-10)13-8-19-14(17-13)9-2-1-3-11(18)6-9/h1-8,18H. The zero-order valence-corrected chi connectivity index (χ0v) is 10.6. The van der Waals surface area contributed by atoms with E-state index in [9.17, 15) is 9.50 Å². The number of pyridine rings is 1. The molecular formula is C14H9FN2OS. The molecule has 0 unspecified atom stereocenters. The largest absolute Gasteiger partial charge is 0.508 e. The van der Waals surface area contributed by atoms with E-state index in [2.05, 4.69) is 9.97 Å². The van der Waals surface area contributed by atoms with Crippen LogP contribution in [0.25, 0.3) is 22.0 Å². The Bertz CT molecular complexity index is 709. The van der Waals surface area contributed by atoms with E-state index >= 15 is 0 Å². The molecule has 3 rings (SSSR count). The number of thiazole rings is 1. The van der Waals surface area contributed by atoms with Crippen LogP contribution in [-0.4, -0.2) is 15.1 Å². The van der Waals surface area contributed by atoms with Crippen LogP contribution in [0.4, 0.5) is 4.39 Å². The fourth-order valence-corrected chi connectivity index (χ4v) is 2.50. The maximum Gasteiger partial charge on any atom is 0.141 e. The normalized spacial score (nSPS) is 10.6. The molecule has 0 saturated carbocycles. The first-order valence-corrected chi connectivity index (χ1v) is 6.47. The Labute approximate surface area is 113 Å². The summed E-state index contributed by atoms with van der Waals surface area (Å²) in [7, 11) is 0. The number of phenolic OH excluding ortho intramolecular Hbond substituents is 1. The molecule has 0 amide bonds. The highest BCUT2D eigenvalue weighted by Gasteiger charge is 2.08. The lowest BCUT2D eigenvalue weighted by molar-refractivity contribution is 0.475. The molecule has 94 valence electrons. The first kappa shape index (κ1) is 11.8. The number of hydrogen-bond donors (Lipinski definition) is 1. The van der Waals surface area contributed by atoms with Gasteiger partial charge in [-0.15, -0.1) is 11.3 Å². The Hall–Kier alpha value is -2.27. The van der Waals surface area contributed by atoms with Gasteiger partial charge in [0.2, 0.25) is 0 Å². The lowest BCUT2D eigenvalue weighted by Crippen LogP contribution is -1.85. The van der Waals surface area contributed by atoms with Crippen LogP contribution >= 0.6 is 11.3 Å². The van der Waals surface area contributed by atoms with Crippen molar-refractivity contribution in [3.8, 4) is 27.7 Å². The van der Waals surface area contributed by atoms with Crippen LogP contribution in [-0.2, 0) is 0 Å². The topological polar surface area (TPSA) is 46.0 Å². The smallest absolute Gasteiger partial charge is 0.141 e. The Kier molecular flexibility index (Phi) is 2.97. The van der Waals surface area contributed by atoms with Gasteiger partial charge >= 0.3 is 0 Å². The molecule has 1 N–H and O–H groups in total. The summed E-state index contributed by atoms with van der Waals surface area (Å²) in [6.45, 7) is 0. The van der Waals surface area contributed by atoms with Gasteiger partial charge in [0.1, 0.15) is 22.3 Å². The summed E-state index contributed by atoms with van der Waals surface area (Å²) in [5.74, 6) is -0.165. The average Bonchev–Trinajstić information content (AvgIpc) is 2.89. The third-order valence-electron chi connectivity index (χ3n) is 2.59. The van der Waals surface area contributed by atoms with Gasteiger partial charge in [0, 0.05) is 10.9 Å². The molecule has 2 heterocycles. The zero-order chi connectivity index (χ0) is 13.2. The molecule has 3 aromatic rings. The Morgan fingerprint density at radius 2 is 2.00 bits per heavy atom. The number of aromatic hydroxyl groups is 1. The summed E-state index contributed by atoms with van der Waals surface area (Å²) in [5, 5.41) is 12.1. The summed E-state index contributed by atoms with van der Waals surface area (Å²) in [6, 6.07) is 9.86. The van der Waals surface area contributed by atoms with Crippen LogP contribution in [0.5, 0.6) is 5.75 Å². The van der Waals surface area contributed by atoms with Gasteiger partial charge in [-0.3, -0.25) is 4.98 Å². The molecule has 0 aliphatic rings.